The number of piperazine rings is 1. The van der Waals surface area contributed by atoms with Crippen LogP contribution in [0.3, 0.4) is 0 Å². The van der Waals surface area contributed by atoms with Crippen molar-refractivity contribution in [1.82, 2.24) is 34.4 Å². The summed E-state index contributed by atoms with van der Waals surface area (Å²) in [4.78, 5) is 22.4. The summed E-state index contributed by atoms with van der Waals surface area (Å²) in [6.45, 7) is 4.44. The number of ether oxygens (including phenoxy) is 1. The third kappa shape index (κ3) is 3.95. The fourth-order valence-electron chi connectivity index (χ4n) is 4.67. The number of fused-ring (bicyclic) bond motifs is 2. The molecular weight excluding hydrogens is 422 g/mol. The van der Waals surface area contributed by atoms with Gasteiger partial charge in [0.05, 0.1) is 12.9 Å². The van der Waals surface area contributed by atoms with E-state index in [1.807, 2.05) is 12.1 Å². The lowest BCUT2D eigenvalue weighted by Gasteiger charge is -2.46. The van der Waals surface area contributed by atoms with Crippen molar-refractivity contribution in [3.8, 4) is 17.3 Å². The molecule has 0 amide bonds. The molecule has 0 bridgehead atoms. The van der Waals surface area contributed by atoms with Gasteiger partial charge in [-0.25, -0.2) is 0 Å². The van der Waals surface area contributed by atoms with Crippen LogP contribution < -0.4 is 15.4 Å². The molecule has 0 spiro atoms. The molecule has 0 unspecified atom stereocenters. The highest BCUT2D eigenvalue weighted by molar-refractivity contribution is 5.53. The van der Waals surface area contributed by atoms with E-state index in [9.17, 15) is 0 Å². The lowest BCUT2D eigenvalue weighted by molar-refractivity contribution is 0.0725. The summed E-state index contributed by atoms with van der Waals surface area (Å²) >= 11 is 0. The number of pyridine rings is 1. The Morgan fingerprint density at radius 1 is 1.06 bits per heavy atom. The third-order valence-electron chi connectivity index (χ3n) is 6.39. The second kappa shape index (κ2) is 8.32. The summed E-state index contributed by atoms with van der Waals surface area (Å²) in [5.41, 5.74) is 6.19. The van der Waals surface area contributed by atoms with E-state index in [1.54, 1.807) is 30.8 Å². The Morgan fingerprint density at radius 3 is 2.82 bits per heavy atom. The number of nitrogen functional groups attached to an aromatic ring is 1. The number of furan rings is 1. The molecule has 0 radical (unpaired) electrons. The normalized spacial score (nSPS) is 21.3. The van der Waals surface area contributed by atoms with Gasteiger partial charge < -0.3 is 19.8 Å². The van der Waals surface area contributed by atoms with Gasteiger partial charge in [0.2, 0.25) is 17.7 Å². The van der Waals surface area contributed by atoms with E-state index < -0.39 is 0 Å². The maximum absolute atomic E-state index is 6.19. The van der Waals surface area contributed by atoms with Crippen LogP contribution in [0.2, 0.25) is 0 Å². The summed E-state index contributed by atoms with van der Waals surface area (Å²) in [6, 6.07) is 7.87. The number of hydrogen-bond acceptors (Lipinski definition) is 10. The molecule has 6 heterocycles. The zero-order valence-corrected chi connectivity index (χ0v) is 18.1. The van der Waals surface area contributed by atoms with Gasteiger partial charge in [0.15, 0.2) is 5.76 Å². The van der Waals surface area contributed by atoms with Crippen LogP contribution in [-0.4, -0.2) is 73.3 Å². The van der Waals surface area contributed by atoms with E-state index >= 15 is 0 Å². The van der Waals surface area contributed by atoms with E-state index in [4.69, 9.17) is 14.9 Å². The van der Waals surface area contributed by atoms with Crippen LogP contribution in [0.4, 0.5) is 11.9 Å². The predicted molar refractivity (Wildman–Crippen MR) is 121 cm³/mol. The van der Waals surface area contributed by atoms with Crippen molar-refractivity contribution in [3.05, 3.63) is 42.9 Å². The lowest BCUT2D eigenvalue weighted by atomic mass is 9.91. The van der Waals surface area contributed by atoms with Gasteiger partial charge in [0, 0.05) is 50.5 Å². The van der Waals surface area contributed by atoms with Crippen LogP contribution in [0, 0.1) is 5.92 Å². The van der Waals surface area contributed by atoms with Crippen molar-refractivity contribution in [2.24, 2.45) is 5.92 Å². The maximum atomic E-state index is 6.19. The number of anilines is 2. The molecule has 0 aliphatic carbocycles. The predicted octanol–water partition coefficient (Wildman–Crippen LogP) is 1.74. The Bertz CT molecular complexity index is 1230. The minimum absolute atomic E-state index is 0.264. The standard InChI is InChI=1S/C22H25N9O2/c23-20-26-21(27-22-25-19(28-31(20)22)18-2-1-11-32-18)30-10-9-29-12-15(3-4-16(29)13-30)14-33-17-5-7-24-8-6-17/h1-2,5-8,11,15-16H,3-4,9-10,12-14H2,(H2,23,25,26,27,28)/t15-,16-/m0/s1. The fourth-order valence-corrected chi connectivity index (χ4v) is 4.67. The maximum Gasteiger partial charge on any atom is 0.259 e. The molecular formula is C22H25N9O2. The van der Waals surface area contributed by atoms with Gasteiger partial charge in [-0.3, -0.25) is 9.88 Å². The Labute approximate surface area is 190 Å². The van der Waals surface area contributed by atoms with Gasteiger partial charge in [-0.2, -0.15) is 19.5 Å². The van der Waals surface area contributed by atoms with Crippen molar-refractivity contribution in [2.75, 3.05) is 43.4 Å². The molecule has 2 aliphatic heterocycles. The molecule has 2 N–H and O–H groups in total. The van der Waals surface area contributed by atoms with Crippen molar-refractivity contribution in [1.29, 1.82) is 0 Å². The van der Waals surface area contributed by atoms with Crippen molar-refractivity contribution < 1.29 is 9.15 Å². The monoisotopic (exact) mass is 447 g/mol. The average Bonchev–Trinajstić information content (AvgIpc) is 3.53. The number of nitrogens with two attached hydrogens (primary N) is 1. The molecule has 4 aromatic heterocycles. The van der Waals surface area contributed by atoms with E-state index in [0.29, 0.717) is 35.3 Å². The first-order valence-electron chi connectivity index (χ1n) is 11.2. The zero-order chi connectivity index (χ0) is 22.2. The summed E-state index contributed by atoms with van der Waals surface area (Å²) < 4.78 is 12.8. The van der Waals surface area contributed by atoms with Gasteiger partial charge in [0.25, 0.3) is 5.78 Å². The number of hydrogen-bond donors (Lipinski definition) is 1. The minimum atomic E-state index is 0.264. The van der Waals surface area contributed by atoms with Crippen LogP contribution in [0.5, 0.6) is 5.75 Å². The van der Waals surface area contributed by atoms with E-state index in [1.165, 1.54) is 4.52 Å². The quantitative estimate of drug-likeness (QED) is 0.484. The second-order valence-electron chi connectivity index (χ2n) is 8.54. The summed E-state index contributed by atoms with van der Waals surface area (Å²) in [7, 11) is 0. The Kier molecular flexibility index (Phi) is 5.02. The van der Waals surface area contributed by atoms with Crippen LogP contribution >= 0.6 is 0 Å². The topological polar surface area (TPSA) is 124 Å². The molecule has 11 nitrogen and oxygen atoms in total. The molecule has 4 aromatic rings. The molecule has 2 fully saturated rings. The lowest BCUT2D eigenvalue weighted by Crippen LogP contribution is -2.57. The number of nitrogens with zero attached hydrogens (tertiary/aromatic N) is 8. The average molecular weight is 448 g/mol. The highest BCUT2D eigenvalue weighted by Gasteiger charge is 2.34. The van der Waals surface area contributed by atoms with Gasteiger partial charge in [-0.1, -0.05) is 0 Å². The van der Waals surface area contributed by atoms with E-state index in [2.05, 4.69) is 34.8 Å². The number of rotatable bonds is 5. The van der Waals surface area contributed by atoms with Gasteiger partial charge in [-0.05, 0) is 37.1 Å². The summed E-state index contributed by atoms with van der Waals surface area (Å²) in [5, 5.41) is 4.37. The van der Waals surface area contributed by atoms with Crippen molar-refractivity contribution >= 4 is 17.7 Å². The van der Waals surface area contributed by atoms with Gasteiger partial charge in [0.1, 0.15) is 5.75 Å². The molecule has 0 aromatic carbocycles. The van der Waals surface area contributed by atoms with Crippen LogP contribution in [0.15, 0.2) is 47.3 Å². The van der Waals surface area contributed by atoms with Crippen LogP contribution in [0.1, 0.15) is 12.8 Å². The minimum Gasteiger partial charge on any atom is -0.493 e. The van der Waals surface area contributed by atoms with Crippen LogP contribution in [0.25, 0.3) is 17.4 Å². The molecule has 2 aliphatic rings. The highest BCUT2D eigenvalue weighted by Crippen LogP contribution is 2.28. The molecule has 2 atom stereocenters. The molecule has 0 saturated carbocycles. The second-order valence-corrected chi connectivity index (χ2v) is 8.54. The van der Waals surface area contributed by atoms with E-state index in [0.717, 1.165) is 51.4 Å². The highest BCUT2D eigenvalue weighted by atomic mass is 16.5. The molecule has 11 heteroatoms. The largest absolute Gasteiger partial charge is 0.493 e. The molecule has 33 heavy (non-hydrogen) atoms. The van der Waals surface area contributed by atoms with Crippen molar-refractivity contribution in [2.45, 2.75) is 18.9 Å². The molecule has 170 valence electrons. The smallest absolute Gasteiger partial charge is 0.259 e. The zero-order valence-electron chi connectivity index (χ0n) is 18.1. The third-order valence-corrected chi connectivity index (χ3v) is 6.39. The Morgan fingerprint density at radius 2 is 1.97 bits per heavy atom. The first kappa shape index (κ1) is 19.9. The Balaban J connectivity index is 1.12. The van der Waals surface area contributed by atoms with Gasteiger partial charge >= 0.3 is 0 Å². The first-order chi connectivity index (χ1) is 16.2. The molecule has 2 saturated heterocycles. The fraction of sp³-hybridized carbons (Fsp3) is 0.409. The molecule has 6 rings (SSSR count). The SMILES string of the molecule is Nc1nc(N2CCN3C[C@@H](COc4ccncc4)CC[C@H]3C2)nc2nc(-c3ccco3)nn12. The van der Waals surface area contributed by atoms with Gasteiger partial charge in [-0.15, -0.1) is 5.10 Å². The first-order valence-corrected chi connectivity index (χ1v) is 11.2. The summed E-state index contributed by atoms with van der Waals surface area (Å²) in [6.07, 6.45) is 7.36. The van der Waals surface area contributed by atoms with Crippen LogP contribution in [-0.2, 0) is 0 Å². The van der Waals surface area contributed by atoms with E-state index in [-0.39, 0.29) is 5.95 Å². The summed E-state index contributed by atoms with van der Waals surface area (Å²) in [5.74, 6) is 3.70. The van der Waals surface area contributed by atoms with Crippen molar-refractivity contribution in [3.63, 3.8) is 0 Å². The number of piperidine rings is 1. The Hall–Kier alpha value is -3.73. The number of aromatic nitrogens is 6.